The van der Waals surface area contributed by atoms with Crippen LogP contribution in [0.15, 0.2) is 18.5 Å². The molecule has 2 rings (SSSR count). The van der Waals surface area contributed by atoms with E-state index in [0.717, 1.165) is 0 Å². The van der Waals surface area contributed by atoms with Crippen molar-refractivity contribution in [3.63, 3.8) is 0 Å². The molecule has 17 heavy (non-hydrogen) atoms. The van der Waals surface area contributed by atoms with Crippen molar-refractivity contribution in [2.75, 3.05) is 11.5 Å². The standard InChI is InChI=1S/C10H11ClN2O3S/c11-9-5-12-3-1-8(9)10(14)13-7-2-4-17(15,16)6-7/h1,3,5,7H,2,4,6H2,(H,13,14). The lowest BCUT2D eigenvalue weighted by molar-refractivity contribution is 0.0941. The fourth-order valence-electron chi connectivity index (χ4n) is 1.73. The van der Waals surface area contributed by atoms with Crippen LogP contribution in [-0.4, -0.2) is 36.9 Å². The summed E-state index contributed by atoms with van der Waals surface area (Å²) in [6, 6.07) is 1.18. The number of sulfone groups is 1. The molecule has 0 aromatic carbocycles. The van der Waals surface area contributed by atoms with E-state index < -0.39 is 9.84 Å². The highest BCUT2D eigenvalue weighted by Crippen LogP contribution is 2.16. The smallest absolute Gasteiger partial charge is 0.253 e. The SMILES string of the molecule is O=C(NC1CCS(=O)(=O)C1)c1ccncc1Cl. The first kappa shape index (κ1) is 12.3. The van der Waals surface area contributed by atoms with Gasteiger partial charge in [0.25, 0.3) is 5.91 Å². The van der Waals surface area contributed by atoms with Crippen molar-refractivity contribution in [2.24, 2.45) is 0 Å². The summed E-state index contributed by atoms with van der Waals surface area (Å²) in [5.74, 6) is -0.233. The Labute approximate surface area is 104 Å². The number of hydrogen-bond acceptors (Lipinski definition) is 4. The number of nitrogens with one attached hydrogen (secondary N) is 1. The highest BCUT2D eigenvalue weighted by molar-refractivity contribution is 7.91. The van der Waals surface area contributed by atoms with Gasteiger partial charge in [-0.3, -0.25) is 9.78 Å². The van der Waals surface area contributed by atoms with Gasteiger partial charge in [-0.25, -0.2) is 8.42 Å². The Morgan fingerprint density at radius 3 is 2.88 bits per heavy atom. The third kappa shape index (κ3) is 2.95. The maximum absolute atomic E-state index is 11.8. The molecule has 0 aliphatic carbocycles. The molecule has 1 atom stereocenters. The summed E-state index contributed by atoms with van der Waals surface area (Å²) >= 11 is 5.82. The van der Waals surface area contributed by atoms with Gasteiger partial charge in [0.05, 0.1) is 22.1 Å². The Morgan fingerprint density at radius 2 is 2.29 bits per heavy atom. The first-order chi connectivity index (χ1) is 7.98. The van der Waals surface area contributed by atoms with Crippen LogP contribution in [0.5, 0.6) is 0 Å². The minimum atomic E-state index is -2.99. The molecular weight excluding hydrogens is 264 g/mol. The maximum Gasteiger partial charge on any atom is 0.253 e. The average molecular weight is 275 g/mol. The van der Waals surface area contributed by atoms with Gasteiger partial charge in [0.2, 0.25) is 0 Å². The molecule has 0 spiro atoms. The van der Waals surface area contributed by atoms with E-state index in [1.165, 1.54) is 18.5 Å². The Kier molecular flexibility index (Phi) is 3.35. The van der Waals surface area contributed by atoms with Crippen LogP contribution in [0.3, 0.4) is 0 Å². The van der Waals surface area contributed by atoms with Crippen LogP contribution in [0, 0.1) is 0 Å². The summed E-state index contributed by atoms with van der Waals surface area (Å²) in [6.45, 7) is 0. The second-order valence-corrected chi connectivity index (χ2v) is 6.56. The Bertz CT molecular complexity index is 544. The molecule has 1 unspecified atom stereocenters. The van der Waals surface area contributed by atoms with Crippen molar-refractivity contribution in [1.82, 2.24) is 10.3 Å². The molecule has 0 radical (unpaired) electrons. The molecule has 1 N–H and O–H groups in total. The van der Waals surface area contributed by atoms with Crippen molar-refractivity contribution in [3.8, 4) is 0 Å². The molecule has 1 fully saturated rings. The number of nitrogens with zero attached hydrogens (tertiary/aromatic N) is 1. The van der Waals surface area contributed by atoms with E-state index in [9.17, 15) is 13.2 Å². The minimum absolute atomic E-state index is 0.00143. The number of pyridine rings is 1. The van der Waals surface area contributed by atoms with Crippen LogP contribution in [0.1, 0.15) is 16.8 Å². The average Bonchev–Trinajstić information content (AvgIpc) is 2.58. The molecule has 1 aromatic rings. The van der Waals surface area contributed by atoms with E-state index in [2.05, 4.69) is 10.3 Å². The summed E-state index contributed by atoms with van der Waals surface area (Å²) < 4.78 is 22.5. The summed E-state index contributed by atoms with van der Waals surface area (Å²) in [4.78, 5) is 15.6. The number of carbonyl (C=O) groups excluding carboxylic acids is 1. The van der Waals surface area contributed by atoms with Crippen LogP contribution in [0.25, 0.3) is 0 Å². The number of aromatic nitrogens is 1. The second-order valence-electron chi connectivity index (χ2n) is 3.93. The summed E-state index contributed by atoms with van der Waals surface area (Å²) in [5.41, 5.74) is 0.311. The molecule has 1 aromatic heterocycles. The number of hydrogen-bond donors (Lipinski definition) is 1. The fraction of sp³-hybridized carbons (Fsp3) is 0.400. The normalized spacial score (nSPS) is 22.3. The number of carbonyl (C=O) groups is 1. The van der Waals surface area contributed by atoms with E-state index in [-0.39, 0.29) is 28.5 Å². The summed E-state index contributed by atoms with van der Waals surface area (Å²) in [7, 11) is -2.99. The number of amides is 1. The van der Waals surface area contributed by atoms with Gasteiger partial charge < -0.3 is 5.32 Å². The van der Waals surface area contributed by atoms with E-state index >= 15 is 0 Å². The summed E-state index contributed by atoms with van der Waals surface area (Å²) in [6.07, 6.45) is 3.30. The van der Waals surface area contributed by atoms with Gasteiger partial charge in [-0.05, 0) is 12.5 Å². The van der Waals surface area contributed by atoms with Crippen LogP contribution in [0.4, 0.5) is 0 Å². The lowest BCUT2D eigenvalue weighted by Gasteiger charge is -2.11. The molecule has 7 heteroatoms. The van der Waals surface area contributed by atoms with Crippen LogP contribution >= 0.6 is 11.6 Å². The van der Waals surface area contributed by atoms with Gasteiger partial charge in [0, 0.05) is 18.4 Å². The summed E-state index contributed by atoms with van der Waals surface area (Å²) in [5, 5.41) is 2.92. The van der Waals surface area contributed by atoms with Gasteiger partial charge in [-0.1, -0.05) is 11.6 Å². The zero-order valence-electron chi connectivity index (χ0n) is 8.89. The molecule has 1 amide bonds. The molecule has 1 aliphatic heterocycles. The number of halogens is 1. The van der Waals surface area contributed by atoms with E-state index in [4.69, 9.17) is 11.6 Å². The lowest BCUT2D eigenvalue weighted by Crippen LogP contribution is -2.35. The Hall–Kier alpha value is -1.14. The van der Waals surface area contributed by atoms with Crippen LogP contribution in [0.2, 0.25) is 5.02 Å². The highest BCUT2D eigenvalue weighted by atomic mass is 35.5. The van der Waals surface area contributed by atoms with Gasteiger partial charge in [-0.2, -0.15) is 0 Å². The van der Waals surface area contributed by atoms with Crippen molar-refractivity contribution < 1.29 is 13.2 Å². The largest absolute Gasteiger partial charge is 0.348 e. The third-order valence-corrected chi connectivity index (χ3v) is 4.65. The first-order valence-electron chi connectivity index (χ1n) is 5.09. The van der Waals surface area contributed by atoms with E-state index in [0.29, 0.717) is 12.0 Å². The predicted octanol–water partition coefficient (Wildman–Crippen LogP) is 0.652. The molecular formula is C10H11ClN2O3S. The van der Waals surface area contributed by atoms with E-state index in [1.807, 2.05) is 0 Å². The van der Waals surface area contributed by atoms with Gasteiger partial charge in [0.15, 0.2) is 9.84 Å². The van der Waals surface area contributed by atoms with Gasteiger partial charge in [-0.15, -0.1) is 0 Å². The first-order valence-corrected chi connectivity index (χ1v) is 7.29. The predicted molar refractivity (Wildman–Crippen MR) is 63.8 cm³/mol. The van der Waals surface area contributed by atoms with E-state index in [1.54, 1.807) is 0 Å². The zero-order chi connectivity index (χ0) is 12.5. The second kappa shape index (κ2) is 4.62. The maximum atomic E-state index is 11.8. The zero-order valence-corrected chi connectivity index (χ0v) is 10.5. The van der Waals surface area contributed by atoms with Crippen molar-refractivity contribution in [2.45, 2.75) is 12.5 Å². The minimum Gasteiger partial charge on any atom is -0.348 e. The fourth-order valence-corrected chi connectivity index (χ4v) is 3.61. The van der Waals surface area contributed by atoms with Crippen LogP contribution < -0.4 is 5.32 Å². The molecule has 5 nitrogen and oxygen atoms in total. The van der Waals surface area contributed by atoms with Gasteiger partial charge in [0.1, 0.15) is 0 Å². The highest BCUT2D eigenvalue weighted by Gasteiger charge is 2.29. The van der Waals surface area contributed by atoms with Gasteiger partial charge >= 0.3 is 0 Å². The van der Waals surface area contributed by atoms with Crippen molar-refractivity contribution >= 4 is 27.3 Å². The topological polar surface area (TPSA) is 76.1 Å². The van der Waals surface area contributed by atoms with Crippen LogP contribution in [-0.2, 0) is 9.84 Å². The molecule has 1 aliphatic rings. The van der Waals surface area contributed by atoms with Crippen molar-refractivity contribution in [3.05, 3.63) is 29.0 Å². The lowest BCUT2D eigenvalue weighted by atomic mass is 10.2. The quantitative estimate of drug-likeness (QED) is 0.859. The molecule has 1 saturated heterocycles. The van der Waals surface area contributed by atoms with Crippen molar-refractivity contribution in [1.29, 1.82) is 0 Å². The monoisotopic (exact) mass is 274 g/mol. The number of rotatable bonds is 2. The Balaban J connectivity index is 2.06. The molecule has 92 valence electrons. The molecule has 0 saturated carbocycles. The molecule has 2 heterocycles. The Morgan fingerprint density at radius 1 is 1.53 bits per heavy atom. The third-order valence-electron chi connectivity index (χ3n) is 2.58. The molecule has 0 bridgehead atoms.